The predicted molar refractivity (Wildman–Crippen MR) is 110 cm³/mol. The van der Waals surface area contributed by atoms with E-state index in [1.807, 2.05) is 36.5 Å². The van der Waals surface area contributed by atoms with E-state index in [0.29, 0.717) is 22.7 Å². The quantitative estimate of drug-likeness (QED) is 0.665. The van der Waals surface area contributed by atoms with E-state index in [4.69, 9.17) is 21.8 Å². The van der Waals surface area contributed by atoms with Crippen molar-refractivity contribution in [2.24, 2.45) is 5.92 Å². The third-order valence-electron chi connectivity index (χ3n) is 5.82. The SMILES string of the molecule is N#Cc1cccc(N2CCC3CCN(c4cnc5cc(Cl)ccc5n4)CC32)n1. The van der Waals surface area contributed by atoms with Crippen molar-refractivity contribution < 1.29 is 0 Å². The zero-order valence-electron chi connectivity index (χ0n) is 15.3. The Morgan fingerprint density at radius 2 is 1.93 bits per heavy atom. The van der Waals surface area contributed by atoms with Crippen molar-refractivity contribution in [1.29, 1.82) is 5.26 Å². The Morgan fingerprint density at radius 3 is 2.82 bits per heavy atom. The number of rotatable bonds is 2. The summed E-state index contributed by atoms with van der Waals surface area (Å²) in [6.07, 6.45) is 4.13. The van der Waals surface area contributed by atoms with Gasteiger partial charge in [0.15, 0.2) is 0 Å². The monoisotopic (exact) mass is 390 g/mol. The molecule has 3 aromatic rings. The van der Waals surface area contributed by atoms with Crippen LogP contribution < -0.4 is 9.80 Å². The summed E-state index contributed by atoms with van der Waals surface area (Å²) in [5, 5.41) is 9.84. The third kappa shape index (κ3) is 3.02. The molecular formula is C21H19ClN6. The second kappa shape index (κ2) is 6.92. The number of hydrogen-bond donors (Lipinski definition) is 0. The van der Waals surface area contributed by atoms with Gasteiger partial charge in [0.1, 0.15) is 23.4 Å². The van der Waals surface area contributed by atoms with Gasteiger partial charge in [0.2, 0.25) is 0 Å². The topological polar surface area (TPSA) is 68.9 Å². The van der Waals surface area contributed by atoms with Crippen molar-refractivity contribution in [3.8, 4) is 6.07 Å². The summed E-state index contributed by atoms with van der Waals surface area (Å²) < 4.78 is 0. The molecule has 0 N–H and O–H groups in total. The van der Waals surface area contributed by atoms with E-state index in [1.165, 1.54) is 6.42 Å². The maximum atomic E-state index is 9.17. The molecule has 1 aromatic carbocycles. The molecular weight excluding hydrogens is 372 g/mol. The van der Waals surface area contributed by atoms with E-state index in [9.17, 15) is 0 Å². The Hall–Kier alpha value is -2.91. The number of nitriles is 1. The molecule has 0 radical (unpaired) electrons. The molecule has 0 bridgehead atoms. The number of anilines is 2. The van der Waals surface area contributed by atoms with Crippen molar-refractivity contribution in [2.75, 3.05) is 29.4 Å². The molecule has 0 aliphatic carbocycles. The van der Waals surface area contributed by atoms with Crippen LogP contribution in [0.4, 0.5) is 11.6 Å². The summed E-state index contributed by atoms with van der Waals surface area (Å²) in [4.78, 5) is 18.5. The van der Waals surface area contributed by atoms with E-state index in [1.54, 1.807) is 6.07 Å². The van der Waals surface area contributed by atoms with E-state index < -0.39 is 0 Å². The van der Waals surface area contributed by atoms with E-state index in [-0.39, 0.29) is 0 Å². The molecule has 0 amide bonds. The minimum absolute atomic E-state index is 0.373. The molecule has 4 heterocycles. The van der Waals surface area contributed by atoms with Crippen LogP contribution in [-0.2, 0) is 0 Å². The summed E-state index contributed by atoms with van der Waals surface area (Å²) in [7, 11) is 0. The smallest absolute Gasteiger partial charge is 0.147 e. The first kappa shape index (κ1) is 17.2. The molecule has 2 aliphatic rings. The first-order valence-electron chi connectivity index (χ1n) is 9.52. The van der Waals surface area contributed by atoms with Gasteiger partial charge in [0.05, 0.1) is 23.3 Å². The average molecular weight is 391 g/mol. The van der Waals surface area contributed by atoms with Crippen LogP contribution in [0.25, 0.3) is 11.0 Å². The first-order chi connectivity index (χ1) is 13.7. The molecule has 2 aliphatic heterocycles. The van der Waals surface area contributed by atoms with Crippen LogP contribution in [0.15, 0.2) is 42.6 Å². The van der Waals surface area contributed by atoms with Gasteiger partial charge < -0.3 is 9.80 Å². The van der Waals surface area contributed by atoms with Crippen molar-refractivity contribution >= 4 is 34.3 Å². The minimum atomic E-state index is 0.373. The summed E-state index contributed by atoms with van der Waals surface area (Å²) in [6.45, 7) is 2.85. The van der Waals surface area contributed by atoms with E-state index >= 15 is 0 Å². The molecule has 2 aromatic heterocycles. The van der Waals surface area contributed by atoms with Crippen molar-refractivity contribution in [1.82, 2.24) is 15.0 Å². The van der Waals surface area contributed by atoms with Crippen LogP contribution >= 0.6 is 11.6 Å². The number of aromatic nitrogens is 3. The van der Waals surface area contributed by atoms with Gasteiger partial charge in [-0.2, -0.15) is 5.26 Å². The lowest BCUT2D eigenvalue weighted by molar-refractivity contribution is 0.388. The Kier molecular flexibility index (Phi) is 4.25. The van der Waals surface area contributed by atoms with Gasteiger partial charge in [-0.25, -0.2) is 9.97 Å². The summed E-state index contributed by atoms with van der Waals surface area (Å²) in [6, 6.07) is 13.8. The van der Waals surface area contributed by atoms with E-state index in [2.05, 4.69) is 25.8 Å². The summed E-state index contributed by atoms with van der Waals surface area (Å²) >= 11 is 6.05. The summed E-state index contributed by atoms with van der Waals surface area (Å²) in [5.74, 6) is 2.45. The predicted octanol–water partition coefficient (Wildman–Crippen LogP) is 3.66. The van der Waals surface area contributed by atoms with Gasteiger partial charge in [0, 0.05) is 24.7 Å². The van der Waals surface area contributed by atoms with Gasteiger partial charge >= 0.3 is 0 Å². The standard InChI is InChI=1S/C21H19ClN6/c22-15-4-5-17-18(10-15)24-12-21(26-17)27-8-6-14-7-9-28(19(14)13-27)20-3-1-2-16(11-23)25-20/h1-5,10,12,14,19H,6-9,13H2. The van der Waals surface area contributed by atoms with Crippen LogP contribution in [-0.4, -0.2) is 40.6 Å². The molecule has 2 saturated heterocycles. The van der Waals surface area contributed by atoms with Gasteiger partial charge in [-0.15, -0.1) is 0 Å². The number of pyridine rings is 1. The van der Waals surface area contributed by atoms with Gasteiger partial charge in [-0.05, 0) is 49.1 Å². The first-order valence-corrected chi connectivity index (χ1v) is 9.90. The zero-order valence-corrected chi connectivity index (χ0v) is 16.0. The molecule has 140 valence electrons. The normalized spacial score (nSPS) is 21.6. The number of hydrogen-bond acceptors (Lipinski definition) is 6. The second-order valence-electron chi connectivity index (χ2n) is 7.40. The fourth-order valence-electron chi connectivity index (χ4n) is 4.41. The lowest BCUT2D eigenvalue weighted by atomic mass is 9.92. The highest BCUT2D eigenvalue weighted by Gasteiger charge is 2.39. The number of benzene rings is 1. The van der Waals surface area contributed by atoms with E-state index in [0.717, 1.165) is 48.7 Å². The summed E-state index contributed by atoms with van der Waals surface area (Å²) in [5.41, 5.74) is 2.13. The Labute approximate surface area is 168 Å². The van der Waals surface area contributed by atoms with Crippen molar-refractivity contribution in [3.05, 3.63) is 53.3 Å². The Balaban J connectivity index is 1.42. The lowest BCUT2D eigenvalue weighted by Gasteiger charge is -2.39. The molecule has 5 rings (SSSR count). The van der Waals surface area contributed by atoms with Crippen LogP contribution in [0.5, 0.6) is 0 Å². The Morgan fingerprint density at radius 1 is 1.04 bits per heavy atom. The molecule has 2 atom stereocenters. The maximum absolute atomic E-state index is 9.17. The molecule has 7 heteroatoms. The number of fused-ring (bicyclic) bond motifs is 2. The molecule has 2 unspecified atom stereocenters. The number of halogens is 1. The number of piperidine rings is 1. The van der Waals surface area contributed by atoms with Gasteiger partial charge in [0.25, 0.3) is 0 Å². The van der Waals surface area contributed by atoms with Crippen molar-refractivity contribution in [2.45, 2.75) is 18.9 Å². The fraction of sp³-hybridized carbons (Fsp3) is 0.333. The Bertz CT molecular complexity index is 1080. The number of nitrogens with zero attached hydrogens (tertiary/aromatic N) is 6. The molecule has 6 nitrogen and oxygen atoms in total. The van der Waals surface area contributed by atoms with Crippen LogP contribution in [0.3, 0.4) is 0 Å². The third-order valence-corrected chi connectivity index (χ3v) is 6.06. The highest BCUT2D eigenvalue weighted by atomic mass is 35.5. The maximum Gasteiger partial charge on any atom is 0.147 e. The van der Waals surface area contributed by atoms with Crippen LogP contribution in [0.2, 0.25) is 5.02 Å². The molecule has 28 heavy (non-hydrogen) atoms. The molecule has 0 spiro atoms. The zero-order chi connectivity index (χ0) is 19.1. The van der Waals surface area contributed by atoms with Crippen molar-refractivity contribution in [3.63, 3.8) is 0 Å². The highest BCUT2D eigenvalue weighted by molar-refractivity contribution is 6.31. The largest absolute Gasteiger partial charge is 0.353 e. The molecule has 2 fully saturated rings. The molecule has 0 saturated carbocycles. The second-order valence-corrected chi connectivity index (χ2v) is 7.83. The fourth-order valence-corrected chi connectivity index (χ4v) is 4.57. The van der Waals surface area contributed by atoms with Crippen LogP contribution in [0, 0.1) is 17.2 Å². The van der Waals surface area contributed by atoms with Crippen LogP contribution in [0.1, 0.15) is 18.5 Å². The minimum Gasteiger partial charge on any atom is -0.353 e. The van der Waals surface area contributed by atoms with Gasteiger partial charge in [-0.3, -0.25) is 4.98 Å². The van der Waals surface area contributed by atoms with Gasteiger partial charge in [-0.1, -0.05) is 17.7 Å². The average Bonchev–Trinajstić information content (AvgIpc) is 3.16. The lowest BCUT2D eigenvalue weighted by Crippen LogP contribution is -2.48. The highest BCUT2D eigenvalue weighted by Crippen LogP contribution is 2.35.